The van der Waals surface area contributed by atoms with Crippen molar-refractivity contribution < 1.29 is 9.59 Å². The Morgan fingerprint density at radius 1 is 0.638 bits per heavy atom. The molecule has 0 aliphatic carbocycles. The third kappa shape index (κ3) is 6.48. The molecule has 1 aliphatic heterocycles. The number of carbonyl (C=O) groups is 2. The highest BCUT2D eigenvalue weighted by Gasteiger charge is 2.24. The summed E-state index contributed by atoms with van der Waals surface area (Å²) in [6.45, 7) is 8.06. The summed E-state index contributed by atoms with van der Waals surface area (Å²) < 4.78 is 0. The van der Waals surface area contributed by atoms with Crippen LogP contribution in [0.5, 0.6) is 0 Å². The maximum Gasteiger partial charge on any atom is 0.254 e. The van der Waals surface area contributed by atoms with Crippen LogP contribution in [-0.2, 0) is 0 Å². The molecule has 234 valence electrons. The molecule has 0 saturated carbocycles. The largest absolute Gasteiger partial charge is 0.351 e. The quantitative estimate of drug-likeness (QED) is 0.210. The predicted octanol–water partition coefficient (Wildman–Crippen LogP) is 6.92. The number of para-hydroxylation sites is 2. The topological polar surface area (TPSA) is 78.4 Å². The van der Waals surface area contributed by atoms with Crippen LogP contribution < -0.4 is 5.32 Å². The Kier molecular flexibility index (Phi) is 8.46. The average Bonchev–Trinajstić information content (AvgIpc) is 3.10. The Morgan fingerprint density at radius 3 is 1.74 bits per heavy atom. The SMILES string of the molecule is Cc1cccc(-c2cc(C(=O)NCCN3CCN(C(=O)c4cc(-c5cccc(C)c5)nc5ccccc45)CC3)c3ccccc3n2)c1. The summed E-state index contributed by atoms with van der Waals surface area (Å²) in [7, 11) is 0. The number of aromatic nitrogens is 2. The van der Waals surface area contributed by atoms with Gasteiger partial charge in [-0.1, -0.05) is 83.9 Å². The Labute approximate surface area is 274 Å². The molecule has 1 aliphatic rings. The number of pyridine rings is 2. The van der Waals surface area contributed by atoms with Crippen molar-refractivity contribution in [1.29, 1.82) is 0 Å². The molecule has 1 N–H and O–H groups in total. The number of rotatable bonds is 7. The summed E-state index contributed by atoms with van der Waals surface area (Å²) in [6.07, 6.45) is 0. The van der Waals surface area contributed by atoms with E-state index < -0.39 is 0 Å². The lowest BCUT2D eigenvalue weighted by atomic mass is 10.0. The van der Waals surface area contributed by atoms with Gasteiger partial charge in [-0.3, -0.25) is 14.5 Å². The van der Waals surface area contributed by atoms with E-state index in [1.165, 1.54) is 0 Å². The summed E-state index contributed by atoms with van der Waals surface area (Å²) in [4.78, 5) is 41.4. The maximum absolute atomic E-state index is 13.9. The van der Waals surface area contributed by atoms with Crippen LogP contribution in [0.1, 0.15) is 31.8 Å². The zero-order valence-electron chi connectivity index (χ0n) is 26.7. The minimum absolute atomic E-state index is 0.0273. The molecule has 2 aromatic heterocycles. The van der Waals surface area contributed by atoms with Crippen LogP contribution in [-0.4, -0.2) is 70.9 Å². The van der Waals surface area contributed by atoms with Crippen molar-refractivity contribution in [2.75, 3.05) is 39.3 Å². The Balaban J connectivity index is 1.01. The summed E-state index contributed by atoms with van der Waals surface area (Å²) in [5, 5.41) is 4.84. The van der Waals surface area contributed by atoms with E-state index in [-0.39, 0.29) is 11.8 Å². The molecule has 7 nitrogen and oxygen atoms in total. The lowest BCUT2D eigenvalue weighted by Crippen LogP contribution is -2.50. The van der Waals surface area contributed by atoms with Gasteiger partial charge < -0.3 is 10.2 Å². The fourth-order valence-corrected chi connectivity index (χ4v) is 6.39. The maximum atomic E-state index is 13.9. The molecule has 47 heavy (non-hydrogen) atoms. The van der Waals surface area contributed by atoms with E-state index in [0.29, 0.717) is 37.3 Å². The van der Waals surface area contributed by atoms with E-state index in [2.05, 4.69) is 48.3 Å². The molecule has 0 bridgehead atoms. The zero-order chi connectivity index (χ0) is 32.3. The second-order valence-corrected chi connectivity index (χ2v) is 12.3. The van der Waals surface area contributed by atoms with Crippen molar-refractivity contribution in [3.63, 3.8) is 0 Å². The second-order valence-electron chi connectivity index (χ2n) is 12.3. The molecule has 0 unspecified atom stereocenters. The van der Waals surface area contributed by atoms with Gasteiger partial charge in [0.1, 0.15) is 0 Å². The molecule has 7 heteroatoms. The van der Waals surface area contributed by atoms with Crippen molar-refractivity contribution in [1.82, 2.24) is 25.1 Å². The van der Waals surface area contributed by atoms with Crippen molar-refractivity contribution in [2.45, 2.75) is 13.8 Å². The number of piperazine rings is 1. The number of benzene rings is 4. The van der Waals surface area contributed by atoms with Crippen LogP contribution in [0.4, 0.5) is 0 Å². The smallest absolute Gasteiger partial charge is 0.254 e. The summed E-state index contributed by atoms with van der Waals surface area (Å²) in [5.74, 6) is -0.0836. The third-order valence-electron chi connectivity index (χ3n) is 8.91. The van der Waals surface area contributed by atoms with Gasteiger partial charge in [0.05, 0.1) is 33.5 Å². The summed E-state index contributed by atoms with van der Waals surface area (Å²) in [5.41, 5.74) is 8.79. The van der Waals surface area contributed by atoms with Gasteiger partial charge in [0.2, 0.25) is 0 Å². The van der Waals surface area contributed by atoms with Crippen LogP contribution in [0.15, 0.2) is 109 Å². The normalized spacial score (nSPS) is 13.6. The highest BCUT2D eigenvalue weighted by Crippen LogP contribution is 2.28. The van der Waals surface area contributed by atoms with Gasteiger partial charge >= 0.3 is 0 Å². The molecule has 7 rings (SSSR count). The Hall–Kier alpha value is -5.40. The fraction of sp³-hybridized carbons (Fsp3) is 0.200. The standard InChI is InChI=1S/C40H37N5O2/c1-27-9-7-11-29(23-27)37-25-33(31-13-3-5-15-35(31)42-37)39(46)41-17-18-44-19-21-45(22-20-44)40(47)34-26-38(30-12-8-10-28(2)24-30)43-36-16-6-4-14-32(34)36/h3-16,23-26H,17-22H2,1-2H3,(H,41,46). The number of nitrogens with zero attached hydrogens (tertiary/aromatic N) is 4. The highest BCUT2D eigenvalue weighted by molar-refractivity contribution is 6.08. The molecular formula is C40H37N5O2. The predicted molar refractivity (Wildman–Crippen MR) is 189 cm³/mol. The molecule has 0 atom stereocenters. The molecule has 2 amide bonds. The molecule has 4 aromatic carbocycles. The summed E-state index contributed by atoms with van der Waals surface area (Å²) in [6, 6.07) is 35.9. The Bertz CT molecular complexity index is 2110. The van der Waals surface area contributed by atoms with E-state index in [1.54, 1.807) is 0 Å². The fourth-order valence-electron chi connectivity index (χ4n) is 6.39. The number of hydrogen-bond acceptors (Lipinski definition) is 5. The van der Waals surface area contributed by atoms with Crippen molar-refractivity contribution in [2.24, 2.45) is 0 Å². The number of nitrogens with one attached hydrogen (secondary N) is 1. The first-order chi connectivity index (χ1) is 22.9. The van der Waals surface area contributed by atoms with Gasteiger partial charge in [-0.15, -0.1) is 0 Å². The molecule has 0 radical (unpaired) electrons. The first kappa shape index (κ1) is 30.3. The number of fused-ring (bicyclic) bond motifs is 2. The molecular weight excluding hydrogens is 582 g/mol. The first-order valence-corrected chi connectivity index (χ1v) is 16.2. The summed E-state index contributed by atoms with van der Waals surface area (Å²) >= 11 is 0. The van der Waals surface area contributed by atoms with Crippen LogP contribution in [0.3, 0.4) is 0 Å². The van der Waals surface area contributed by atoms with Crippen LogP contribution in [0.2, 0.25) is 0 Å². The van der Waals surface area contributed by atoms with Crippen LogP contribution in [0.25, 0.3) is 44.3 Å². The number of amides is 2. The molecule has 0 spiro atoms. The van der Waals surface area contributed by atoms with Gasteiger partial charge in [0, 0.05) is 61.2 Å². The third-order valence-corrected chi connectivity index (χ3v) is 8.91. The molecule has 3 heterocycles. The number of carbonyl (C=O) groups excluding carboxylic acids is 2. The molecule has 1 fully saturated rings. The van der Waals surface area contributed by atoms with E-state index in [4.69, 9.17) is 9.97 Å². The first-order valence-electron chi connectivity index (χ1n) is 16.2. The molecule has 1 saturated heterocycles. The van der Waals surface area contributed by atoms with Crippen molar-refractivity contribution in [3.05, 3.63) is 131 Å². The lowest BCUT2D eigenvalue weighted by molar-refractivity contribution is 0.0640. The minimum Gasteiger partial charge on any atom is -0.351 e. The number of hydrogen-bond donors (Lipinski definition) is 1. The van der Waals surface area contributed by atoms with E-state index in [1.807, 2.05) is 89.8 Å². The van der Waals surface area contributed by atoms with Gasteiger partial charge in [0.25, 0.3) is 11.8 Å². The van der Waals surface area contributed by atoms with Crippen LogP contribution in [0, 0.1) is 13.8 Å². The van der Waals surface area contributed by atoms with E-state index >= 15 is 0 Å². The number of aryl methyl sites for hydroxylation is 2. The van der Waals surface area contributed by atoms with Gasteiger partial charge in [0.15, 0.2) is 0 Å². The Morgan fingerprint density at radius 2 is 1.17 bits per heavy atom. The van der Waals surface area contributed by atoms with Gasteiger partial charge in [-0.05, 0) is 50.2 Å². The lowest BCUT2D eigenvalue weighted by Gasteiger charge is -2.35. The monoisotopic (exact) mass is 619 g/mol. The van der Waals surface area contributed by atoms with E-state index in [9.17, 15) is 9.59 Å². The molecule has 6 aromatic rings. The minimum atomic E-state index is -0.111. The van der Waals surface area contributed by atoms with Gasteiger partial charge in [-0.25, -0.2) is 9.97 Å². The van der Waals surface area contributed by atoms with Crippen LogP contribution >= 0.6 is 0 Å². The van der Waals surface area contributed by atoms with Crippen molar-refractivity contribution in [3.8, 4) is 22.5 Å². The van der Waals surface area contributed by atoms with Crippen molar-refractivity contribution >= 4 is 33.6 Å². The second kappa shape index (κ2) is 13.1. The highest BCUT2D eigenvalue weighted by atomic mass is 16.2. The van der Waals surface area contributed by atoms with E-state index in [0.717, 1.165) is 68.5 Å². The zero-order valence-corrected chi connectivity index (χ0v) is 26.7. The van der Waals surface area contributed by atoms with Gasteiger partial charge in [-0.2, -0.15) is 0 Å². The average molecular weight is 620 g/mol.